The fourth-order valence-corrected chi connectivity index (χ4v) is 1.68. The molecule has 0 unspecified atom stereocenters. The number of hydrogen-bond acceptors (Lipinski definition) is 2. The molecule has 42 valence electrons. The molecule has 1 fully saturated rings. The standard InChI is InChI=1S/C4H7IO2/c5-4(7)1-3(6)2-4/h3,6-7H,1-2H2. The maximum absolute atomic E-state index is 8.91. The van der Waals surface area contributed by atoms with Gasteiger partial charge in [-0.3, -0.25) is 0 Å². The van der Waals surface area contributed by atoms with E-state index in [1.54, 1.807) is 0 Å². The van der Waals surface area contributed by atoms with E-state index in [4.69, 9.17) is 10.2 Å². The Balaban J connectivity index is 2.29. The summed E-state index contributed by atoms with van der Waals surface area (Å²) in [6, 6.07) is 0. The second-order valence-electron chi connectivity index (χ2n) is 1.98. The Morgan fingerprint density at radius 2 is 2.00 bits per heavy atom. The monoisotopic (exact) mass is 214 g/mol. The summed E-state index contributed by atoms with van der Waals surface area (Å²) in [4.78, 5) is 0. The zero-order chi connectivity index (χ0) is 5.49. The van der Waals surface area contributed by atoms with E-state index in [9.17, 15) is 0 Å². The van der Waals surface area contributed by atoms with Crippen LogP contribution in [0.2, 0.25) is 0 Å². The molecule has 3 heteroatoms. The Morgan fingerprint density at radius 1 is 1.57 bits per heavy atom. The third-order valence-electron chi connectivity index (χ3n) is 1.10. The lowest BCUT2D eigenvalue weighted by atomic mass is 9.93. The molecule has 0 atom stereocenters. The van der Waals surface area contributed by atoms with Gasteiger partial charge in [-0.1, -0.05) is 0 Å². The van der Waals surface area contributed by atoms with Gasteiger partial charge in [0.25, 0.3) is 0 Å². The third kappa shape index (κ3) is 1.27. The number of aliphatic hydroxyl groups excluding tert-OH is 1. The summed E-state index contributed by atoms with van der Waals surface area (Å²) in [6.07, 6.45) is 0.822. The zero-order valence-electron chi connectivity index (χ0n) is 3.76. The first-order chi connectivity index (χ1) is 3.10. The first-order valence-electron chi connectivity index (χ1n) is 2.19. The summed E-state index contributed by atoms with van der Waals surface area (Å²) in [5.41, 5.74) is 0. The largest absolute Gasteiger partial charge is 0.393 e. The molecule has 1 rings (SSSR count). The predicted octanol–water partition coefficient (Wildman–Crippen LogP) is 0.265. The average molecular weight is 214 g/mol. The first kappa shape index (κ1) is 5.78. The predicted molar refractivity (Wildman–Crippen MR) is 34.2 cm³/mol. The molecule has 0 aromatic carbocycles. The van der Waals surface area contributed by atoms with Crippen molar-refractivity contribution in [1.82, 2.24) is 0 Å². The normalized spacial score (nSPS) is 51.0. The van der Waals surface area contributed by atoms with E-state index in [-0.39, 0.29) is 6.10 Å². The molecular weight excluding hydrogens is 207 g/mol. The van der Waals surface area contributed by atoms with E-state index in [0.717, 1.165) is 0 Å². The van der Waals surface area contributed by atoms with Gasteiger partial charge in [0.05, 0.1) is 6.10 Å². The minimum atomic E-state index is -0.586. The molecule has 0 aliphatic heterocycles. The summed E-state index contributed by atoms with van der Waals surface area (Å²) in [7, 11) is 0. The van der Waals surface area contributed by atoms with Crippen LogP contribution in [0.15, 0.2) is 0 Å². The van der Waals surface area contributed by atoms with Gasteiger partial charge < -0.3 is 10.2 Å². The lowest BCUT2D eigenvalue weighted by molar-refractivity contribution is -0.0371. The molecule has 0 aromatic heterocycles. The number of aliphatic hydroxyl groups is 2. The lowest BCUT2D eigenvalue weighted by Gasteiger charge is -2.35. The quantitative estimate of drug-likeness (QED) is 0.448. The summed E-state index contributed by atoms with van der Waals surface area (Å²) in [5.74, 6) is 0. The highest BCUT2D eigenvalue weighted by molar-refractivity contribution is 14.1. The van der Waals surface area contributed by atoms with Crippen LogP contribution >= 0.6 is 22.6 Å². The molecule has 1 saturated carbocycles. The Bertz CT molecular complexity index is 73.8. The number of hydrogen-bond donors (Lipinski definition) is 2. The van der Waals surface area contributed by atoms with Gasteiger partial charge in [0.15, 0.2) is 0 Å². The van der Waals surface area contributed by atoms with Gasteiger partial charge in [0, 0.05) is 12.8 Å². The van der Waals surface area contributed by atoms with E-state index in [1.807, 2.05) is 22.6 Å². The van der Waals surface area contributed by atoms with Crippen molar-refractivity contribution in [3.8, 4) is 0 Å². The Kier molecular flexibility index (Phi) is 1.29. The van der Waals surface area contributed by atoms with Crippen LogP contribution in [-0.4, -0.2) is 19.9 Å². The molecule has 1 aliphatic rings. The highest BCUT2D eigenvalue weighted by Gasteiger charge is 2.38. The van der Waals surface area contributed by atoms with Crippen LogP contribution < -0.4 is 0 Å². The van der Waals surface area contributed by atoms with Crippen LogP contribution in [0.3, 0.4) is 0 Å². The Labute approximate surface area is 55.7 Å². The fourth-order valence-electron chi connectivity index (χ4n) is 0.662. The number of rotatable bonds is 0. The zero-order valence-corrected chi connectivity index (χ0v) is 5.92. The molecule has 2 nitrogen and oxygen atoms in total. The van der Waals surface area contributed by atoms with Crippen molar-refractivity contribution in [3.63, 3.8) is 0 Å². The van der Waals surface area contributed by atoms with Crippen LogP contribution in [0.25, 0.3) is 0 Å². The van der Waals surface area contributed by atoms with Crippen molar-refractivity contribution in [1.29, 1.82) is 0 Å². The topological polar surface area (TPSA) is 40.5 Å². The van der Waals surface area contributed by atoms with E-state index in [0.29, 0.717) is 12.8 Å². The molecule has 0 amide bonds. The van der Waals surface area contributed by atoms with Crippen LogP contribution in [0.5, 0.6) is 0 Å². The van der Waals surface area contributed by atoms with E-state index < -0.39 is 3.61 Å². The van der Waals surface area contributed by atoms with Crippen molar-refractivity contribution in [2.24, 2.45) is 0 Å². The SMILES string of the molecule is OC1CC(O)(I)C1. The first-order valence-corrected chi connectivity index (χ1v) is 3.27. The average Bonchev–Trinajstić information content (AvgIpc) is 1.27. The molecule has 0 spiro atoms. The van der Waals surface area contributed by atoms with Crippen molar-refractivity contribution >= 4 is 22.6 Å². The molecule has 2 N–H and O–H groups in total. The molecule has 0 saturated heterocycles. The van der Waals surface area contributed by atoms with Crippen molar-refractivity contribution in [2.75, 3.05) is 0 Å². The molecular formula is C4H7IO2. The lowest BCUT2D eigenvalue weighted by Crippen LogP contribution is -2.41. The summed E-state index contributed by atoms with van der Waals surface area (Å²) < 4.78 is -0.586. The van der Waals surface area contributed by atoms with Crippen LogP contribution in [0.4, 0.5) is 0 Å². The van der Waals surface area contributed by atoms with Gasteiger partial charge in [-0.05, 0) is 22.6 Å². The molecule has 0 radical (unpaired) electrons. The van der Waals surface area contributed by atoms with E-state index in [2.05, 4.69) is 0 Å². The van der Waals surface area contributed by atoms with Crippen LogP contribution in [0.1, 0.15) is 12.8 Å². The number of alkyl halides is 1. The second-order valence-corrected chi connectivity index (χ2v) is 3.99. The van der Waals surface area contributed by atoms with Crippen molar-refractivity contribution < 1.29 is 10.2 Å². The Morgan fingerprint density at radius 3 is 2.00 bits per heavy atom. The van der Waals surface area contributed by atoms with Gasteiger partial charge in [0.2, 0.25) is 0 Å². The fraction of sp³-hybridized carbons (Fsp3) is 1.00. The van der Waals surface area contributed by atoms with E-state index >= 15 is 0 Å². The highest BCUT2D eigenvalue weighted by Crippen LogP contribution is 2.37. The van der Waals surface area contributed by atoms with Gasteiger partial charge >= 0.3 is 0 Å². The van der Waals surface area contributed by atoms with Crippen molar-refractivity contribution in [3.05, 3.63) is 0 Å². The van der Waals surface area contributed by atoms with Crippen LogP contribution in [-0.2, 0) is 0 Å². The molecule has 1 aliphatic carbocycles. The van der Waals surface area contributed by atoms with E-state index in [1.165, 1.54) is 0 Å². The maximum atomic E-state index is 8.91. The summed E-state index contributed by atoms with van der Waals surface area (Å²) >= 11 is 1.94. The van der Waals surface area contributed by atoms with Gasteiger partial charge in [0.1, 0.15) is 3.61 Å². The minimum Gasteiger partial charge on any atom is -0.393 e. The van der Waals surface area contributed by atoms with Crippen LogP contribution in [0, 0.1) is 0 Å². The molecule has 0 aromatic rings. The molecule has 7 heavy (non-hydrogen) atoms. The highest BCUT2D eigenvalue weighted by atomic mass is 127. The second kappa shape index (κ2) is 1.56. The van der Waals surface area contributed by atoms with Gasteiger partial charge in [-0.2, -0.15) is 0 Å². The van der Waals surface area contributed by atoms with Gasteiger partial charge in [-0.25, -0.2) is 0 Å². The smallest absolute Gasteiger partial charge is 0.120 e. The summed E-state index contributed by atoms with van der Waals surface area (Å²) in [5, 5.41) is 17.5. The Hall–Kier alpha value is 0.650. The minimum absolute atomic E-state index is 0.248. The van der Waals surface area contributed by atoms with Crippen molar-refractivity contribution in [2.45, 2.75) is 22.6 Å². The van der Waals surface area contributed by atoms with Gasteiger partial charge in [-0.15, -0.1) is 0 Å². The third-order valence-corrected chi connectivity index (χ3v) is 1.98. The molecule has 0 bridgehead atoms. The number of halogens is 1. The maximum Gasteiger partial charge on any atom is 0.120 e. The summed E-state index contributed by atoms with van der Waals surface area (Å²) in [6.45, 7) is 0. The molecule has 0 heterocycles.